The van der Waals surface area contributed by atoms with E-state index in [0.29, 0.717) is 16.3 Å². The van der Waals surface area contributed by atoms with Gasteiger partial charge in [0, 0.05) is 10.7 Å². The van der Waals surface area contributed by atoms with Crippen molar-refractivity contribution in [1.29, 1.82) is 0 Å². The molecule has 2 rings (SSSR count). The molecule has 0 saturated heterocycles. The number of amides is 1. The molecule has 1 unspecified atom stereocenters. The molecule has 0 heterocycles. The summed E-state index contributed by atoms with van der Waals surface area (Å²) in [4.78, 5) is 14.7. The highest BCUT2D eigenvalue weighted by molar-refractivity contribution is 6.31. The number of nitrogens with zero attached hydrogens (tertiary/aromatic N) is 1. The lowest BCUT2D eigenvalue weighted by atomic mass is 10.1. The van der Waals surface area contributed by atoms with Crippen LogP contribution in [0.5, 0.6) is 5.75 Å². The van der Waals surface area contributed by atoms with Gasteiger partial charge in [0.15, 0.2) is 0 Å². The first-order valence-electron chi connectivity index (χ1n) is 8.11. The standard InChI is InChI=1S/C19H23ClN2O2/c1-4-22(5-2)14(3)24-18-13-15(20)11-12-17(18)19(23)21-16-9-7-6-8-10-16/h6-14H,4-5H2,1-3H3,(H,21,23). The van der Waals surface area contributed by atoms with E-state index >= 15 is 0 Å². The van der Waals surface area contributed by atoms with E-state index in [0.717, 1.165) is 18.8 Å². The third-order valence-corrected chi connectivity index (χ3v) is 4.08. The Kier molecular flexibility index (Phi) is 6.64. The van der Waals surface area contributed by atoms with E-state index in [4.69, 9.17) is 16.3 Å². The fraction of sp³-hybridized carbons (Fsp3) is 0.316. The van der Waals surface area contributed by atoms with Crippen LogP contribution in [0.2, 0.25) is 5.02 Å². The largest absolute Gasteiger partial charge is 0.475 e. The van der Waals surface area contributed by atoms with E-state index < -0.39 is 0 Å². The van der Waals surface area contributed by atoms with Crippen LogP contribution in [0.15, 0.2) is 48.5 Å². The van der Waals surface area contributed by atoms with Crippen LogP contribution < -0.4 is 10.1 Å². The molecule has 0 aliphatic rings. The first-order valence-corrected chi connectivity index (χ1v) is 8.49. The van der Waals surface area contributed by atoms with Crippen LogP contribution in [-0.2, 0) is 0 Å². The zero-order chi connectivity index (χ0) is 17.5. The number of halogens is 1. The molecule has 0 bridgehead atoms. The number of ether oxygens (including phenoxy) is 1. The van der Waals surface area contributed by atoms with Gasteiger partial charge < -0.3 is 10.1 Å². The number of hydrogen-bond donors (Lipinski definition) is 1. The topological polar surface area (TPSA) is 41.6 Å². The quantitative estimate of drug-likeness (QED) is 0.741. The molecule has 128 valence electrons. The van der Waals surface area contributed by atoms with Crippen LogP contribution in [0.25, 0.3) is 0 Å². The average Bonchev–Trinajstić information content (AvgIpc) is 2.57. The fourth-order valence-corrected chi connectivity index (χ4v) is 2.66. The lowest BCUT2D eigenvalue weighted by molar-refractivity contribution is 0.0472. The summed E-state index contributed by atoms with van der Waals surface area (Å²) >= 11 is 6.09. The molecule has 2 aromatic rings. The summed E-state index contributed by atoms with van der Waals surface area (Å²) in [5.74, 6) is 0.259. The average molecular weight is 347 g/mol. The molecule has 1 N–H and O–H groups in total. The highest BCUT2D eigenvalue weighted by atomic mass is 35.5. The van der Waals surface area contributed by atoms with Crippen molar-refractivity contribution < 1.29 is 9.53 Å². The summed E-state index contributed by atoms with van der Waals surface area (Å²) in [6.45, 7) is 7.84. The maximum Gasteiger partial charge on any atom is 0.259 e. The van der Waals surface area contributed by atoms with Crippen molar-refractivity contribution >= 4 is 23.2 Å². The monoisotopic (exact) mass is 346 g/mol. The van der Waals surface area contributed by atoms with Gasteiger partial charge in [-0.15, -0.1) is 0 Å². The van der Waals surface area contributed by atoms with Gasteiger partial charge in [0.1, 0.15) is 12.0 Å². The van der Waals surface area contributed by atoms with Crippen LogP contribution >= 0.6 is 11.6 Å². The highest BCUT2D eigenvalue weighted by Gasteiger charge is 2.18. The van der Waals surface area contributed by atoms with Gasteiger partial charge in [-0.25, -0.2) is 0 Å². The Labute approximate surface area is 148 Å². The third-order valence-electron chi connectivity index (χ3n) is 3.84. The Bertz CT molecular complexity index is 672. The van der Waals surface area contributed by atoms with Gasteiger partial charge in [-0.05, 0) is 50.3 Å². The maximum absolute atomic E-state index is 12.6. The number of benzene rings is 2. The van der Waals surface area contributed by atoms with Gasteiger partial charge in [-0.3, -0.25) is 9.69 Å². The van der Waals surface area contributed by atoms with Gasteiger partial charge >= 0.3 is 0 Å². The van der Waals surface area contributed by atoms with E-state index in [1.807, 2.05) is 37.3 Å². The van der Waals surface area contributed by atoms with Crippen LogP contribution in [-0.4, -0.2) is 30.1 Å². The first kappa shape index (κ1) is 18.3. The molecule has 0 aromatic heterocycles. The smallest absolute Gasteiger partial charge is 0.259 e. The number of carbonyl (C=O) groups is 1. The number of rotatable bonds is 7. The molecular formula is C19H23ClN2O2. The molecule has 0 spiro atoms. The first-order chi connectivity index (χ1) is 11.5. The SMILES string of the molecule is CCN(CC)C(C)Oc1cc(Cl)ccc1C(=O)Nc1ccccc1. The molecule has 4 nitrogen and oxygen atoms in total. The van der Waals surface area contributed by atoms with Crippen LogP contribution in [0, 0.1) is 0 Å². The van der Waals surface area contributed by atoms with E-state index in [2.05, 4.69) is 24.1 Å². The van der Waals surface area contributed by atoms with E-state index in [1.165, 1.54) is 0 Å². The molecule has 0 fully saturated rings. The molecule has 0 aliphatic carbocycles. The molecule has 5 heteroatoms. The molecule has 24 heavy (non-hydrogen) atoms. The van der Waals surface area contributed by atoms with Crippen molar-refractivity contribution in [2.24, 2.45) is 0 Å². The Morgan fingerprint density at radius 2 is 1.83 bits per heavy atom. The van der Waals surface area contributed by atoms with Crippen molar-refractivity contribution in [3.05, 3.63) is 59.1 Å². The second kappa shape index (κ2) is 8.71. The zero-order valence-electron chi connectivity index (χ0n) is 14.3. The van der Waals surface area contributed by atoms with E-state index in [9.17, 15) is 4.79 Å². The highest BCUT2D eigenvalue weighted by Crippen LogP contribution is 2.26. The molecule has 1 atom stereocenters. The number of anilines is 1. The summed E-state index contributed by atoms with van der Waals surface area (Å²) < 4.78 is 6.01. The second-order valence-electron chi connectivity index (χ2n) is 5.40. The second-order valence-corrected chi connectivity index (χ2v) is 5.84. The molecule has 1 amide bonds. The molecule has 0 aliphatic heterocycles. The van der Waals surface area contributed by atoms with Gasteiger partial charge in [0.2, 0.25) is 0 Å². The molecule has 0 saturated carbocycles. The maximum atomic E-state index is 12.6. The number of para-hydroxylation sites is 1. The Morgan fingerprint density at radius 3 is 2.46 bits per heavy atom. The normalized spacial score (nSPS) is 12.0. The fourth-order valence-electron chi connectivity index (χ4n) is 2.50. The Balaban J connectivity index is 2.22. The minimum atomic E-state index is -0.223. The predicted molar refractivity (Wildman–Crippen MR) is 98.9 cm³/mol. The van der Waals surface area contributed by atoms with Crippen LogP contribution in [0.1, 0.15) is 31.1 Å². The van der Waals surface area contributed by atoms with E-state index in [-0.39, 0.29) is 12.1 Å². The lowest BCUT2D eigenvalue weighted by Gasteiger charge is -2.27. The molecule has 0 radical (unpaired) electrons. The van der Waals surface area contributed by atoms with Crippen molar-refractivity contribution in [3.8, 4) is 5.75 Å². The number of hydrogen-bond acceptors (Lipinski definition) is 3. The number of nitrogens with one attached hydrogen (secondary N) is 1. The van der Waals surface area contributed by atoms with Gasteiger partial charge in [0.05, 0.1) is 5.56 Å². The minimum absolute atomic E-state index is 0.151. The van der Waals surface area contributed by atoms with Crippen molar-refractivity contribution in [1.82, 2.24) is 4.90 Å². The van der Waals surface area contributed by atoms with Crippen LogP contribution in [0.4, 0.5) is 5.69 Å². The van der Waals surface area contributed by atoms with Crippen LogP contribution in [0.3, 0.4) is 0 Å². The Hall–Kier alpha value is -2.04. The van der Waals surface area contributed by atoms with Gasteiger partial charge in [-0.1, -0.05) is 43.6 Å². The summed E-state index contributed by atoms with van der Waals surface area (Å²) in [6.07, 6.45) is -0.151. The Morgan fingerprint density at radius 1 is 1.17 bits per heavy atom. The van der Waals surface area contributed by atoms with Gasteiger partial charge in [0.25, 0.3) is 5.91 Å². The molecule has 2 aromatic carbocycles. The summed E-state index contributed by atoms with van der Waals surface area (Å²) in [5.41, 5.74) is 1.20. The molecular weight excluding hydrogens is 324 g/mol. The van der Waals surface area contributed by atoms with E-state index in [1.54, 1.807) is 18.2 Å². The summed E-state index contributed by atoms with van der Waals surface area (Å²) in [7, 11) is 0. The summed E-state index contributed by atoms with van der Waals surface area (Å²) in [5, 5.41) is 3.41. The summed E-state index contributed by atoms with van der Waals surface area (Å²) in [6, 6.07) is 14.4. The van der Waals surface area contributed by atoms with Crippen molar-refractivity contribution in [2.75, 3.05) is 18.4 Å². The van der Waals surface area contributed by atoms with Gasteiger partial charge in [-0.2, -0.15) is 0 Å². The lowest BCUT2D eigenvalue weighted by Crippen LogP contribution is -2.37. The van der Waals surface area contributed by atoms with Crippen molar-refractivity contribution in [3.63, 3.8) is 0 Å². The zero-order valence-corrected chi connectivity index (χ0v) is 15.0. The predicted octanol–water partition coefficient (Wildman–Crippen LogP) is 4.66. The third kappa shape index (κ3) is 4.73. The minimum Gasteiger partial charge on any atom is -0.475 e. The van der Waals surface area contributed by atoms with Crippen molar-refractivity contribution in [2.45, 2.75) is 27.0 Å². The number of carbonyl (C=O) groups excluding carboxylic acids is 1.